The number of thiophene rings is 1. The number of hydrogen-bond donors (Lipinski definition) is 0. The van der Waals surface area contributed by atoms with E-state index in [1.807, 2.05) is 36.5 Å². The maximum atomic E-state index is 11.3. The maximum Gasteiger partial charge on any atom is 0.330 e. The van der Waals surface area contributed by atoms with Gasteiger partial charge in [0.05, 0.1) is 6.61 Å². The lowest BCUT2D eigenvalue weighted by Gasteiger charge is -1.96. The number of esters is 1. The maximum absolute atomic E-state index is 11.3. The molecule has 1 aromatic heterocycles. The molecule has 0 fully saturated rings. The molecule has 0 saturated heterocycles. The molecule has 0 aliphatic carbocycles. The van der Waals surface area contributed by atoms with E-state index < -0.39 is 0 Å². The zero-order valence-electron chi connectivity index (χ0n) is 14.0. The minimum Gasteiger partial charge on any atom is -0.463 e. The Labute approximate surface area is 137 Å². The molecule has 1 rings (SSSR count). The molecule has 0 saturated carbocycles. The van der Waals surface area contributed by atoms with Crippen molar-refractivity contribution in [3.05, 3.63) is 62.9 Å². The van der Waals surface area contributed by atoms with E-state index in [9.17, 15) is 4.79 Å². The molecule has 118 valence electrons. The van der Waals surface area contributed by atoms with Crippen LogP contribution in [-0.2, 0) is 9.53 Å². The summed E-state index contributed by atoms with van der Waals surface area (Å²) in [6.07, 6.45) is 11.6. The van der Waals surface area contributed by atoms with Crippen LogP contribution in [0.25, 0.3) is 6.08 Å². The predicted molar refractivity (Wildman–Crippen MR) is 96.1 cm³/mol. The van der Waals surface area contributed by atoms with E-state index >= 15 is 0 Å². The third-order valence-corrected chi connectivity index (χ3v) is 3.94. The molecule has 0 aliphatic heterocycles. The van der Waals surface area contributed by atoms with Gasteiger partial charge in [-0.3, -0.25) is 0 Å². The van der Waals surface area contributed by atoms with Crippen LogP contribution in [-0.4, -0.2) is 12.6 Å². The van der Waals surface area contributed by atoms with Gasteiger partial charge in [0, 0.05) is 15.8 Å². The Morgan fingerprint density at radius 3 is 2.55 bits per heavy atom. The van der Waals surface area contributed by atoms with E-state index in [-0.39, 0.29) is 5.97 Å². The molecular weight excluding hydrogens is 292 g/mol. The fourth-order valence-electron chi connectivity index (χ4n) is 1.86. The molecule has 0 unspecified atom stereocenters. The Hall–Kier alpha value is -1.87. The molecular formula is C19H24O2S. The lowest BCUT2D eigenvalue weighted by molar-refractivity contribution is -0.137. The fraction of sp³-hybridized carbons (Fsp3) is 0.316. The van der Waals surface area contributed by atoms with Crippen molar-refractivity contribution >= 4 is 23.4 Å². The van der Waals surface area contributed by atoms with E-state index in [1.54, 1.807) is 6.92 Å². The van der Waals surface area contributed by atoms with Crippen LogP contribution in [0.4, 0.5) is 0 Å². The third kappa shape index (κ3) is 6.72. The summed E-state index contributed by atoms with van der Waals surface area (Å²) in [4.78, 5) is 14.0. The fourth-order valence-corrected chi connectivity index (χ4v) is 2.78. The van der Waals surface area contributed by atoms with Gasteiger partial charge in [0.1, 0.15) is 0 Å². The van der Waals surface area contributed by atoms with Crippen LogP contribution in [0.3, 0.4) is 0 Å². The number of carbonyl (C=O) groups is 1. The van der Waals surface area contributed by atoms with Crippen LogP contribution in [0.15, 0.2) is 47.6 Å². The van der Waals surface area contributed by atoms with Crippen molar-refractivity contribution in [1.82, 2.24) is 0 Å². The van der Waals surface area contributed by atoms with Crippen molar-refractivity contribution in [3.63, 3.8) is 0 Å². The first-order valence-electron chi connectivity index (χ1n) is 7.37. The highest BCUT2D eigenvalue weighted by Gasteiger charge is 1.98. The second kappa shape index (κ2) is 9.21. The predicted octanol–water partition coefficient (Wildman–Crippen LogP) is 5.39. The van der Waals surface area contributed by atoms with E-state index in [1.165, 1.54) is 21.4 Å². The summed E-state index contributed by atoms with van der Waals surface area (Å²) >= 11 is 1.82. The largest absolute Gasteiger partial charge is 0.463 e. The van der Waals surface area contributed by atoms with Gasteiger partial charge in [-0.2, -0.15) is 0 Å². The number of ether oxygens (including phenoxy) is 1. The first-order chi connectivity index (χ1) is 10.4. The van der Waals surface area contributed by atoms with Gasteiger partial charge in [0.25, 0.3) is 0 Å². The van der Waals surface area contributed by atoms with Gasteiger partial charge in [-0.25, -0.2) is 4.79 Å². The van der Waals surface area contributed by atoms with Gasteiger partial charge < -0.3 is 4.74 Å². The molecule has 0 N–H and O–H groups in total. The number of carbonyl (C=O) groups excluding carboxylic acids is 1. The second-order valence-corrected chi connectivity index (χ2v) is 6.57. The van der Waals surface area contributed by atoms with Gasteiger partial charge in [-0.05, 0) is 51.8 Å². The van der Waals surface area contributed by atoms with Crippen LogP contribution >= 0.6 is 11.3 Å². The smallest absolute Gasteiger partial charge is 0.330 e. The first-order valence-corrected chi connectivity index (χ1v) is 8.19. The van der Waals surface area contributed by atoms with Crippen molar-refractivity contribution in [2.45, 2.75) is 34.6 Å². The van der Waals surface area contributed by atoms with Gasteiger partial charge >= 0.3 is 5.97 Å². The zero-order valence-corrected chi connectivity index (χ0v) is 14.8. The lowest BCUT2D eigenvalue weighted by atomic mass is 10.1. The Balaban J connectivity index is 2.64. The Bertz CT molecular complexity index is 628. The van der Waals surface area contributed by atoms with E-state index in [0.717, 1.165) is 11.1 Å². The number of rotatable bonds is 6. The average Bonchev–Trinajstić information content (AvgIpc) is 2.74. The lowest BCUT2D eigenvalue weighted by Crippen LogP contribution is -1.99. The normalized spacial score (nSPS) is 13.3. The Morgan fingerprint density at radius 1 is 1.23 bits per heavy atom. The van der Waals surface area contributed by atoms with Crippen molar-refractivity contribution in [2.24, 2.45) is 0 Å². The molecule has 0 aliphatic rings. The Morgan fingerprint density at radius 2 is 1.95 bits per heavy atom. The van der Waals surface area contributed by atoms with Crippen molar-refractivity contribution in [1.29, 1.82) is 0 Å². The van der Waals surface area contributed by atoms with Gasteiger partial charge in [0.2, 0.25) is 0 Å². The van der Waals surface area contributed by atoms with E-state index in [4.69, 9.17) is 4.74 Å². The summed E-state index contributed by atoms with van der Waals surface area (Å²) in [5, 5.41) is 0. The van der Waals surface area contributed by atoms with Crippen molar-refractivity contribution in [3.8, 4) is 0 Å². The van der Waals surface area contributed by atoms with E-state index in [2.05, 4.69) is 39.0 Å². The highest BCUT2D eigenvalue weighted by atomic mass is 32.1. The summed E-state index contributed by atoms with van der Waals surface area (Å²) in [6, 6.07) is 2.20. The monoisotopic (exact) mass is 316 g/mol. The topological polar surface area (TPSA) is 26.3 Å². The van der Waals surface area contributed by atoms with Crippen molar-refractivity contribution in [2.75, 3.05) is 6.61 Å². The van der Waals surface area contributed by atoms with Crippen LogP contribution in [0, 0.1) is 13.8 Å². The molecule has 0 bridgehead atoms. The molecule has 3 heteroatoms. The molecule has 1 aromatic rings. The van der Waals surface area contributed by atoms with Crippen molar-refractivity contribution < 1.29 is 9.53 Å². The number of allylic oxidation sites excluding steroid dienone is 6. The molecule has 1 heterocycles. The van der Waals surface area contributed by atoms with Gasteiger partial charge in [-0.1, -0.05) is 36.0 Å². The highest BCUT2D eigenvalue weighted by molar-refractivity contribution is 7.12. The molecule has 0 aromatic carbocycles. The van der Waals surface area contributed by atoms with Crippen LogP contribution in [0.2, 0.25) is 0 Å². The minimum atomic E-state index is -0.298. The van der Waals surface area contributed by atoms with Crippen LogP contribution in [0.1, 0.15) is 36.1 Å². The summed E-state index contributed by atoms with van der Waals surface area (Å²) in [6.45, 7) is 10.4. The SMILES string of the molecule is CCOC(=O)/C=C(\C)C=CC=C(C)C=Cc1cc(C)sc1C. The first kappa shape index (κ1) is 18.2. The number of aryl methyl sites for hydroxylation is 2. The molecule has 0 amide bonds. The van der Waals surface area contributed by atoms with Crippen LogP contribution < -0.4 is 0 Å². The van der Waals surface area contributed by atoms with Crippen LogP contribution in [0.5, 0.6) is 0 Å². The molecule has 0 atom stereocenters. The average molecular weight is 316 g/mol. The van der Waals surface area contributed by atoms with Gasteiger partial charge in [-0.15, -0.1) is 11.3 Å². The summed E-state index contributed by atoms with van der Waals surface area (Å²) < 4.78 is 4.87. The summed E-state index contributed by atoms with van der Waals surface area (Å²) in [5.41, 5.74) is 3.30. The highest BCUT2D eigenvalue weighted by Crippen LogP contribution is 2.22. The molecule has 22 heavy (non-hydrogen) atoms. The quantitative estimate of drug-likeness (QED) is 0.399. The third-order valence-electron chi connectivity index (χ3n) is 2.96. The summed E-state index contributed by atoms with van der Waals surface area (Å²) in [7, 11) is 0. The molecule has 2 nitrogen and oxygen atoms in total. The zero-order chi connectivity index (χ0) is 16.5. The van der Waals surface area contributed by atoms with Gasteiger partial charge in [0.15, 0.2) is 0 Å². The number of hydrogen-bond acceptors (Lipinski definition) is 3. The standard InChI is InChI=1S/C19H24O2S/c1-6-21-19(20)12-15(3)9-7-8-14(2)10-11-18-13-16(4)22-17(18)5/h7-13H,6H2,1-5H3/b9-7?,11-10?,14-8?,15-12+. The Kier molecular flexibility index (Phi) is 7.61. The summed E-state index contributed by atoms with van der Waals surface area (Å²) in [5.74, 6) is -0.298. The molecule has 0 radical (unpaired) electrons. The molecule has 0 spiro atoms. The second-order valence-electron chi connectivity index (χ2n) is 5.11. The minimum absolute atomic E-state index is 0.298. The van der Waals surface area contributed by atoms with E-state index in [0.29, 0.717) is 6.61 Å².